The van der Waals surface area contributed by atoms with E-state index in [-0.39, 0.29) is 10.6 Å². The molecule has 1 fully saturated rings. The number of nitro groups is 1. The van der Waals surface area contributed by atoms with Crippen LogP contribution in [0.2, 0.25) is 0 Å². The minimum absolute atomic E-state index is 0.0401. The summed E-state index contributed by atoms with van der Waals surface area (Å²) in [6, 6.07) is 5.16. The van der Waals surface area contributed by atoms with Gasteiger partial charge in [0.25, 0.3) is 5.69 Å². The quantitative estimate of drug-likeness (QED) is 0.663. The van der Waals surface area contributed by atoms with Crippen LogP contribution in [0, 0.1) is 10.1 Å². The van der Waals surface area contributed by atoms with Crippen molar-refractivity contribution in [3.05, 3.63) is 34.4 Å². The van der Waals surface area contributed by atoms with Crippen LogP contribution in [0.15, 0.2) is 29.2 Å². The molecular formula is C12H17N3O4S. The number of hydrogen-bond donors (Lipinski definition) is 1. The van der Waals surface area contributed by atoms with Crippen molar-refractivity contribution in [3.63, 3.8) is 0 Å². The lowest BCUT2D eigenvalue weighted by atomic mass is 10.0. The van der Waals surface area contributed by atoms with Crippen LogP contribution in [0.25, 0.3) is 0 Å². The van der Waals surface area contributed by atoms with Gasteiger partial charge in [-0.05, 0) is 19.9 Å². The molecule has 0 bridgehead atoms. The zero-order valence-corrected chi connectivity index (χ0v) is 12.2. The normalized spacial score (nSPS) is 19.7. The number of nitro benzene ring substituents is 1. The number of nitrogens with zero attached hydrogens (tertiary/aromatic N) is 2. The second-order valence-corrected chi connectivity index (χ2v) is 7.18. The zero-order valence-electron chi connectivity index (χ0n) is 11.4. The van der Waals surface area contributed by atoms with E-state index in [0.29, 0.717) is 19.6 Å². The Morgan fingerprint density at radius 2 is 2.10 bits per heavy atom. The zero-order chi connectivity index (χ0) is 15.0. The molecule has 1 aromatic rings. The van der Waals surface area contributed by atoms with E-state index >= 15 is 0 Å². The van der Waals surface area contributed by atoms with Gasteiger partial charge in [0.05, 0.1) is 9.82 Å². The molecule has 7 nitrogen and oxygen atoms in total. The van der Waals surface area contributed by atoms with E-state index in [1.807, 2.05) is 13.8 Å². The van der Waals surface area contributed by atoms with E-state index in [1.165, 1.54) is 22.5 Å². The number of hydrogen-bond acceptors (Lipinski definition) is 5. The van der Waals surface area contributed by atoms with Gasteiger partial charge in [0.1, 0.15) is 0 Å². The van der Waals surface area contributed by atoms with Crippen LogP contribution < -0.4 is 5.32 Å². The predicted octanol–water partition coefficient (Wildman–Crippen LogP) is 0.967. The maximum absolute atomic E-state index is 12.7. The third-order valence-corrected chi connectivity index (χ3v) is 5.45. The number of non-ortho nitro benzene ring substituents is 1. The largest absolute Gasteiger partial charge is 0.314 e. The van der Waals surface area contributed by atoms with Gasteiger partial charge in [-0.25, -0.2) is 8.42 Å². The fourth-order valence-corrected chi connectivity index (χ4v) is 4.12. The van der Waals surface area contributed by atoms with Gasteiger partial charge in [-0.2, -0.15) is 4.31 Å². The van der Waals surface area contributed by atoms with Crippen LogP contribution in [0.5, 0.6) is 0 Å². The Kier molecular flexibility index (Phi) is 3.81. The van der Waals surface area contributed by atoms with Crippen molar-refractivity contribution in [3.8, 4) is 0 Å². The Balaban J connectivity index is 2.44. The minimum Gasteiger partial charge on any atom is -0.314 e. The molecule has 1 aliphatic rings. The van der Waals surface area contributed by atoms with Gasteiger partial charge in [0.2, 0.25) is 10.0 Å². The first-order chi connectivity index (χ1) is 9.25. The van der Waals surface area contributed by atoms with Crippen molar-refractivity contribution >= 4 is 15.7 Å². The predicted molar refractivity (Wildman–Crippen MR) is 73.9 cm³/mol. The third kappa shape index (κ3) is 2.67. The number of benzene rings is 1. The fourth-order valence-electron chi connectivity index (χ4n) is 2.30. The smallest absolute Gasteiger partial charge is 0.270 e. The molecule has 0 aliphatic carbocycles. The van der Waals surface area contributed by atoms with Crippen molar-refractivity contribution in [1.29, 1.82) is 0 Å². The molecule has 1 N–H and O–H groups in total. The monoisotopic (exact) mass is 299 g/mol. The van der Waals surface area contributed by atoms with Gasteiger partial charge < -0.3 is 5.32 Å². The highest BCUT2D eigenvalue weighted by Gasteiger charge is 2.39. The molecule has 1 heterocycles. The summed E-state index contributed by atoms with van der Waals surface area (Å²) in [6.45, 7) is 5.11. The third-order valence-electron chi connectivity index (χ3n) is 3.34. The summed E-state index contributed by atoms with van der Waals surface area (Å²) in [5, 5.41) is 13.9. The van der Waals surface area contributed by atoms with E-state index in [9.17, 15) is 18.5 Å². The molecule has 1 aliphatic heterocycles. The maximum Gasteiger partial charge on any atom is 0.270 e. The first-order valence-corrected chi connectivity index (χ1v) is 7.67. The first kappa shape index (κ1) is 14.9. The average molecular weight is 299 g/mol. The molecule has 20 heavy (non-hydrogen) atoms. The molecule has 0 radical (unpaired) electrons. The second kappa shape index (κ2) is 5.12. The van der Waals surface area contributed by atoms with Crippen LogP contribution in [-0.2, 0) is 10.0 Å². The summed E-state index contributed by atoms with van der Waals surface area (Å²) in [5.74, 6) is 0. The van der Waals surface area contributed by atoms with Gasteiger partial charge in [0.15, 0.2) is 0 Å². The van der Waals surface area contributed by atoms with Gasteiger partial charge in [-0.15, -0.1) is 0 Å². The highest BCUT2D eigenvalue weighted by molar-refractivity contribution is 7.89. The highest BCUT2D eigenvalue weighted by Crippen LogP contribution is 2.27. The van der Waals surface area contributed by atoms with Crippen LogP contribution in [-0.4, -0.2) is 42.8 Å². The standard InChI is InChI=1S/C12H17N3O4S/c1-12(2)9-13-6-7-14(12)20(18,19)11-5-3-4-10(8-11)15(16)17/h3-5,8,13H,6-7,9H2,1-2H3. The summed E-state index contributed by atoms with van der Waals surface area (Å²) in [5.41, 5.74) is -0.791. The number of piperazine rings is 1. The van der Waals surface area contributed by atoms with E-state index in [0.717, 1.165) is 6.07 Å². The Morgan fingerprint density at radius 1 is 1.40 bits per heavy atom. The van der Waals surface area contributed by atoms with Crippen LogP contribution in [0.1, 0.15) is 13.8 Å². The lowest BCUT2D eigenvalue weighted by molar-refractivity contribution is -0.385. The molecular weight excluding hydrogens is 282 g/mol. The van der Waals surface area contributed by atoms with Gasteiger partial charge in [-0.3, -0.25) is 10.1 Å². The van der Waals surface area contributed by atoms with Crippen molar-refractivity contribution < 1.29 is 13.3 Å². The summed E-state index contributed by atoms with van der Waals surface area (Å²) in [7, 11) is -3.74. The van der Waals surface area contributed by atoms with E-state index in [1.54, 1.807) is 0 Å². The molecule has 0 spiro atoms. The topological polar surface area (TPSA) is 92.6 Å². The summed E-state index contributed by atoms with van der Waals surface area (Å²) >= 11 is 0. The lowest BCUT2D eigenvalue weighted by Gasteiger charge is -2.41. The fraction of sp³-hybridized carbons (Fsp3) is 0.500. The molecule has 0 aromatic heterocycles. The molecule has 0 unspecified atom stereocenters. The number of nitrogens with one attached hydrogen (secondary N) is 1. The number of rotatable bonds is 3. The highest BCUT2D eigenvalue weighted by atomic mass is 32.2. The Hall–Kier alpha value is -1.51. The molecule has 0 saturated carbocycles. The van der Waals surface area contributed by atoms with Crippen molar-refractivity contribution in [2.75, 3.05) is 19.6 Å². The summed E-state index contributed by atoms with van der Waals surface area (Å²) < 4.78 is 26.7. The first-order valence-electron chi connectivity index (χ1n) is 6.23. The molecule has 0 amide bonds. The second-order valence-electron chi connectivity index (χ2n) is 5.32. The average Bonchev–Trinajstić information content (AvgIpc) is 2.38. The van der Waals surface area contributed by atoms with E-state index in [4.69, 9.17) is 0 Å². The minimum atomic E-state index is -3.74. The summed E-state index contributed by atoms with van der Waals surface area (Å²) in [6.07, 6.45) is 0. The Morgan fingerprint density at radius 3 is 2.70 bits per heavy atom. The molecule has 110 valence electrons. The molecule has 2 rings (SSSR count). The molecule has 0 atom stereocenters. The van der Waals surface area contributed by atoms with Gasteiger partial charge in [-0.1, -0.05) is 6.07 Å². The van der Waals surface area contributed by atoms with Crippen molar-refractivity contribution in [2.45, 2.75) is 24.3 Å². The van der Waals surface area contributed by atoms with Crippen LogP contribution in [0.3, 0.4) is 0 Å². The van der Waals surface area contributed by atoms with Crippen LogP contribution in [0.4, 0.5) is 5.69 Å². The van der Waals surface area contributed by atoms with E-state index < -0.39 is 20.5 Å². The molecule has 1 saturated heterocycles. The molecule has 1 aromatic carbocycles. The Labute approximate surface area is 117 Å². The van der Waals surface area contributed by atoms with Gasteiger partial charge in [0, 0.05) is 37.3 Å². The van der Waals surface area contributed by atoms with Crippen LogP contribution >= 0.6 is 0 Å². The SMILES string of the molecule is CC1(C)CNCCN1S(=O)(=O)c1cccc([N+](=O)[O-])c1. The van der Waals surface area contributed by atoms with Crippen molar-refractivity contribution in [1.82, 2.24) is 9.62 Å². The van der Waals surface area contributed by atoms with Gasteiger partial charge >= 0.3 is 0 Å². The maximum atomic E-state index is 12.7. The van der Waals surface area contributed by atoms with Crippen molar-refractivity contribution in [2.24, 2.45) is 0 Å². The number of sulfonamides is 1. The summed E-state index contributed by atoms with van der Waals surface area (Å²) in [4.78, 5) is 10.1. The van der Waals surface area contributed by atoms with E-state index in [2.05, 4.69) is 5.32 Å². The Bertz CT molecular complexity index is 627. The molecule has 8 heteroatoms. The lowest BCUT2D eigenvalue weighted by Crippen LogP contribution is -2.59.